The average molecular weight is 394 g/mol. The van der Waals surface area contributed by atoms with E-state index in [1.807, 2.05) is 24.3 Å². The second-order valence-electron chi connectivity index (χ2n) is 6.73. The van der Waals surface area contributed by atoms with Gasteiger partial charge in [-0.25, -0.2) is 4.79 Å². The van der Waals surface area contributed by atoms with Crippen LogP contribution in [-0.2, 0) is 4.74 Å². The lowest BCUT2D eigenvalue weighted by molar-refractivity contribution is 0.177. The minimum Gasteiger partial charge on any atom is -0.453 e. The molecule has 0 saturated carbocycles. The van der Waals surface area contributed by atoms with Gasteiger partial charge in [-0.1, -0.05) is 76.8 Å². The smallest absolute Gasteiger partial charge is 0.413 e. The normalized spacial score (nSPS) is 10.3. The van der Waals surface area contributed by atoms with Crippen molar-refractivity contribution >= 4 is 34.8 Å². The fourth-order valence-corrected chi connectivity index (χ4v) is 3.07. The predicted molar refractivity (Wildman–Crippen MR) is 119 cm³/mol. The SMILES string of the molecule is CCCCCCCCCCCCNc1ccccc1NC(=S)NC(=O)OC. The average Bonchev–Trinajstić information content (AvgIpc) is 2.67. The molecule has 1 aromatic rings. The standard InChI is InChI=1S/C21H35N3O2S/c1-3-4-5-6-7-8-9-10-11-14-17-22-18-15-12-13-16-19(18)23-20(27)24-21(25)26-2/h12-13,15-16,22H,3-11,14,17H2,1-2H3,(H2,23,24,25,27). The van der Waals surface area contributed by atoms with Crippen LogP contribution in [0.1, 0.15) is 71.1 Å². The molecule has 0 bridgehead atoms. The number of thiocarbonyl (C=S) groups is 1. The Kier molecular flexibility index (Phi) is 13.1. The lowest BCUT2D eigenvalue weighted by atomic mass is 10.1. The number of rotatable bonds is 13. The maximum Gasteiger partial charge on any atom is 0.413 e. The maximum absolute atomic E-state index is 11.2. The Balaban J connectivity index is 2.18. The molecule has 5 nitrogen and oxygen atoms in total. The minimum absolute atomic E-state index is 0.218. The van der Waals surface area contributed by atoms with Gasteiger partial charge in [0.25, 0.3) is 0 Å². The molecule has 0 aliphatic carbocycles. The highest BCUT2D eigenvalue weighted by molar-refractivity contribution is 7.80. The van der Waals surface area contributed by atoms with E-state index in [1.54, 1.807) is 0 Å². The zero-order chi connectivity index (χ0) is 19.7. The van der Waals surface area contributed by atoms with Gasteiger partial charge in [-0.3, -0.25) is 5.32 Å². The highest BCUT2D eigenvalue weighted by Crippen LogP contribution is 2.21. The van der Waals surface area contributed by atoms with Crippen LogP contribution in [0.3, 0.4) is 0 Å². The van der Waals surface area contributed by atoms with Crippen LogP contribution in [0.2, 0.25) is 0 Å². The molecule has 0 saturated heterocycles. The Morgan fingerprint density at radius 1 is 0.926 bits per heavy atom. The van der Waals surface area contributed by atoms with Gasteiger partial charge in [0.1, 0.15) is 0 Å². The van der Waals surface area contributed by atoms with Crippen molar-refractivity contribution in [3.8, 4) is 0 Å². The molecule has 1 rings (SSSR count). The Morgan fingerprint density at radius 2 is 1.48 bits per heavy atom. The van der Waals surface area contributed by atoms with Crippen LogP contribution in [0, 0.1) is 0 Å². The summed E-state index contributed by atoms with van der Waals surface area (Å²) in [6.07, 6.45) is 12.7. The third-order valence-corrected chi connectivity index (χ3v) is 4.63. The van der Waals surface area contributed by atoms with Crippen molar-refractivity contribution < 1.29 is 9.53 Å². The third kappa shape index (κ3) is 11.5. The molecule has 152 valence electrons. The molecule has 0 aromatic heterocycles. The van der Waals surface area contributed by atoms with Crippen LogP contribution in [0.4, 0.5) is 16.2 Å². The molecule has 6 heteroatoms. The Hall–Kier alpha value is -1.82. The number of unbranched alkanes of at least 4 members (excludes halogenated alkanes) is 9. The first-order valence-corrected chi connectivity index (χ1v) is 10.6. The van der Waals surface area contributed by atoms with E-state index in [9.17, 15) is 4.79 Å². The van der Waals surface area contributed by atoms with Gasteiger partial charge in [0.05, 0.1) is 18.5 Å². The summed E-state index contributed by atoms with van der Waals surface area (Å²) in [5, 5.41) is 9.13. The van der Waals surface area contributed by atoms with Crippen molar-refractivity contribution in [1.29, 1.82) is 0 Å². The summed E-state index contributed by atoms with van der Waals surface area (Å²) >= 11 is 5.12. The molecule has 0 spiro atoms. The number of benzene rings is 1. The van der Waals surface area contributed by atoms with Crippen LogP contribution in [0.15, 0.2) is 24.3 Å². The highest BCUT2D eigenvalue weighted by atomic mass is 32.1. The first kappa shape index (κ1) is 23.2. The van der Waals surface area contributed by atoms with Crippen molar-refractivity contribution in [3.05, 3.63) is 24.3 Å². The van der Waals surface area contributed by atoms with E-state index in [0.29, 0.717) is 0 Å². The Morgan fingerprint density at radius 3 is 2.07 bits per heavy atom. The molecule has 0 fully saturated rings. The molecule has 0 aliphatic rings. The molecule has 0 unspecified atom stereocenters. The topological polar surface area (TPSA) is 62.4 Å². The number of nitrogens with one attached hydrogen (secondary N) is 3. The van der Waals surface area contributed by atoms with Gasteiger partial charge in [0.15, 0.2) is 5.11 Å². The summed E-state index contributed by atoms with van der Waals surface area (Å²) in [6.45, 7) is 3.18. The summed E-state index contributed by atoms with van der Waals surface area (Å²) < 4.78 is 4.54. The lowest BCUT2D eigenvalue weighted by Crippen LogP contribution is -2.34. The Bertz CT molecular complexity index is 552. The number of hydrogen-bond acceptors (Lipinski definition) is 4. The molecular weight excluding hydrogens is 358 g/mol. The van der Waals surface area contributed by atoms with E-state index in [0.717, 1.165) is 24.3 Å². The van der Waals surface area contributed by atoms with Gasteiger partial charge in [0, 0.05) is 6.54 Å². The summed E-state index contributed by atoms with van der Waals surface area (Å²) in [6, 6.07) is 7.82. The number of ether oxygens (including phenoxy) is 1. The fraction of sp³-hybridized carbons (Fsp3) is 0.619. The van der Waals surface area contributed by atoms with E-state index >= 15 is 0 Å². The largest absolute Gasteiger partial charge is 0.453 e. The molecule has 1 aromatic carbocycles. The molecule has 0 aliphatic heterocycles. The van der Waals surface area contributed by atoms with E-state index in [1.165, 1.54) is 64.9 Å². The summed E-state index contributed by atoms with van der Waals surface area (Å²) in [5.41, 5.74) is 1.81. The highest BCUT2D eigenvalue weighted by Gasteiger charge is 2.06. The monoisotopic (exact) mass is 393 g/mol. The lowest BCUT2D eigenvalue weighted by Gasteiger charge is -2.14. The van der Waals surface area contributed by atoms with Crippen LogP contribution >= 0.6 is 12.2 Å². The van der Waals surface area contributed by atoms with Gasteiger partial charge >= 0.3 is 6.09 Å². The summed E-state index contributed by atoms with van der Waals surface area (Å²) in [7, 11) is 1.31. The van der Waals surface area contributed by atoms with Crippen LogP contribution in [-0.4, -0.2) is 24.9 Å². The number of carbonyl (C=O) groups excluding carboxylic acids is 1. The van der Waals surface area contributed by atoms with Gasteiger partial charge in [-0.2, -0.15) is 0 Å². The van der Waals surface area contributed by atoms with Gasteiger partial charge in [-0.15, -0.1) is 0 Å². The molecule has 1 amide bonds. The summed E-state index contributed by atoms with van der Waals surface area (Å²) in [4.78, 5) is 11.2. The number of methoxy groups -OCH3 is 1. The van der Waals surface area contributed by atoms with Crippen molar-refractivity contribution in [2.24, 2.45) is 0 Å². The van der Waals surface area contributed by atoms with Crippen LogP contribution in [0.25, 0.3) is 0 Å². The van der Waals surface area contributed by atoms with Gasteiger partial charge < -0.3 is 15.4 Å². The van der Waals surface area contributed by atoms with Crippen LogP contribution < -0.4 is 16.0 Å². The number of alkyl carbamates (subject to hydrolysis) is 1. The second-order valence-corrected chi connectivity index (χ2v) is 7.13. The third-order valence-electron chi connectivity index (χ3n) is 4.42. The zero-order valence-electron chi connectivity index (χ0n) is 16.8. The predicted octanol–water partition coefficient (Wildman–Crippen LogP) is 6.07. The van der Waals surface area contributed by atoms with E-state index in [2.05, 4.69) is 27.6 Å². The number of amides is 1. The van der Waals surface area contributed by atoms with E-state index in [-0.39, 0.29) is 5.11 Å². The van der Waals surface area contributed by atoms with Crippen molar-refractivity contribution in [1.82, 2.24) is 5.32 Å². The molecule has 0 heterocycles. The van der Waals surface area contributed by atoms with Gasteiger partial charge in [0.2, 0.25) is 0 Å². The first-order chi connectivity index (χ1) is 13.2. The van der Waals surface area contributed by atoms with Crippen molar-refractivity contribution in [2.45, 2.75) is 71.1 Å². The molecule has 27 heavy (non-hydrogen) atoms. The maximum atomic E-state index is 11.2. The van der Waals surface area contributed by atoms with E-state index < -0.39 is 6.09 Å². The van der Waals surface area contributed by atoms with E-state index in [4.69, 9.17) is 12.2 Å². The zero-order valence-corrected chi connectivity index (χ0v) is 17.6. The summed E-state index contributed by atoms with van der Waals surface area (Å²) in [5.74, 6) is 0. The van der Waals surface area contributed by atoms with Crippen molar-refractivity contribution in [3.63, 3.8) is 0 Å². The van der Waals surface area contributed by atoms with Gasteiger partial charge in [-0.05, 0) is 30.8 Å². The first-order valence-electron chi connectivity index (χ1n) is 10.2. The Labute approximate surface area is 169 Å². The molecule has 0 radical (unpaired) electrons. The fourth-order valence-electron chi connectivity index (χ4n) is 2.88. The van der Waals surface area contributed by atoms with Crippen molar-refractivity contribution in [2.75, 3.05) is 24.3 Å². The molecule has 0 atom stereocenters. The second kappa shape index (κ2) is 15.3. The number of anilines is 2. The minimum atomic E-state index is -0.580. The van der Waals surface area contributed by atoms with Crippen LogP contribution in [0.5, 0.6) is 0 Å². The number of para-hydroxylation sites is 2. The molecular formula is C21H35N3O2S. The quantitative estimate of drug-likeness (QED) is 0.280. The number of hydrogen-bond donors (Lipinski definition) is 3. The number of carbonyl (C=O) groups is 1. The molecule has 3 N–H and O–H groups in total.